The first-order valence-corrected chi connectivity index (χ1v) is 11.7. The first-order chi connectivity index (χ1) is 16.4. The molecule has 8 nitrogen and oxygen atoms in total. The summed E-state index contributed by atoms with van der Waals surface area (Å²) in [5.74, 6) is -0.0826. The van der Waals surface area contributed by atoms with Crippen LogP contribution in [0.2, 0.25) is 0 Å². The number of aryl methyl sites for hydroxylation is 2. The Balaban J connectivity index is 1.35. The molecule has 0 aliphatic heterocycles. The zero-order valence-electron chi connectivity index (χ0n) is 18.9. The predicted octanol–water partition coefficient (Wildman–Crippen LogP) is 4.59. The topological polar surface area (TPSA) is 93.7 Å². The van der Waals surface area contributed by atoms with Crippen LogP contribution in [0.4, 0.5) is 5.69 Å². The predicted molar refractivity (Wildman–Crippen MR) is 132 cm³/mol. The van der Waals surface area contributed by atoms with Crippen molar-refractivity contribution in [3.63, 3.8) is 0 Å². The molecular formula is C25H22N6O2S. The molecule has 1 N–H and O–H groups in total. The minimum absolute atomic E-state index is 0.0488. The van der Waals surface area contributed by atoms with Crippen LogP contribution < -0.4 is 5.32 Å². The third kappa shape index (κ3) is 4.17. The van der Waals surface area contributed by atoms with E-state index in [0.717, 1.165) is 16.8 Å². The largest absolute Gasteiger partial charge is 0.325 e. The van der Waals surface area contributed by atoms with Crippen LogP contribution in [0, 0.1) is 13.8 Å². The number of nitrogens with zero attached hydrogens (tertiary/aromatic N) is 5. The molecule has 2 aromatic carbocycles. The summed E-state index contributed by atoms with van der Waals surface area (Å²) < 4.78 is 3.65. The number of fused-ring (bicyclic) bond motifs is 3. The van der Waals surface area contributed by atoms with Crippen molar-refractivity contribution in [2.75, 3.05) is 11.1 Å². The molecule has 170 valence electrons. The molecule has 0 atom stereocenters. The molecule has 0 aliphatic rings. The SMILES string of the molecule is CC(=O)c1cccc(NC(=O)CSc2nnc3c4cc(-c5ccc(C)c(C)c5)nn4ccn23)c1. The quantitative estimate of drug-likeness (QED) is 0.288. The van der Waals surface area contributed by atoms with Crippen LogP contribution in [0.1, 0.15) is 28.4 Å². The van der Waals surface area contributed by atoms with Gasteiger partial charge in [-0.2, -0.15) is 5.10 Å². The Morgan fingerprint density at radius 3 is 2.65 bits per heavy atom. The Hall–Kier alpha value is -3.98. The summed E-state index contributed by atoms with van der Waals surface area (Å²) in [5.41, 5.74) is 7.01. The van der Waals surface area contributed by atoms with Gasteiger partial charge < -0.3 is 5.32 Å². The Bertz CT molecular complexity index is 1570. The van der Waals surface area contributed by atoms with Gasteiger partial charge in [-0.1, -0.05) is 36.0 Å². The van der Waals surface area contributed by atoms with Crippen molar-refractivity contribution in [3.05, 3.63) is 77.6 Å². The fraction of sp³-hybridized carbons (Fsp3) is 0.160. The van der Waals surface area contributed by atoms with Crippen LogP contribution in [0.15, 0.2) is 66.1 Å². The lowest BCUT2D eigenvalue weighted by molar-refractivity contribution is -0.113. The molecule has 34 heavy (non-hydrogen) atoms. The van der Waals surface area contributed by atoms with Gasteiger partial charge in [0.25, 0.3) is 0 Å². The lowest BCUT2D eigenvalue weighted by Crippen LogP contribution is -2.14. The third-order valence-electron chi connectivity index (χ3n) is 5.67. The minimum Gasteiger partial charge on any atom is -0.325 e. The molecular weight excluding hydrogens is 448 g/mol. The van der Waals surface area contributed by atoms with Crippen molar-refractivity contribution >= 4 is 40.3 Å². The molecule has 0 spiro atoms. The van der Waals surface area contributed by atoms with Crippen LogP contribution >= 0.6 is 11.8 Å². The van der Waals surface area contributed by atoms with Crippen LogP contribution in [0.3, 0.4) is 0 Å². The number of rotatable bonds is 6. The summed E-state index contributed by atoms with van der Waals surface area (Å²) in [5, 5.41) is 16.7. The molecule has 5 aromatic rings. The molecule has 0 radical (unpaired) electrons. The van der Waals surface area contributed by atoms with Gasteiger partial charge in [0.05, 0.1) is 11.4 Å². The number of hydrogen-bond acceptors (Lipinski definition) is 6. The van der Waals surface area contributed by atoms with Gasteiger partial charge in [0.1, 0.15) is 5.52 Å². The molecule has 0 saturated carbocycles. The molecule has 3 aromatic heterocycles. The van der Waals surface area contributed by atoms with Gasteiger partial charge in [-0.05, 0) is 56.2 Å². The van der Waals surface area contributed by atoms with Crippen LogP contribution in [0.25, 0.3) is 22.4 Å². The first kappa shape index (κ1) is 21.8. The van der Waals surface area contributed by atoms with E-state index in [2.05, 4.69) is 47.6 Å². The van der Waals surface area contributed by atoms with Gasteiger partial charge in [0.2, 0.25) is 5.91 Å². The summed E-state index contributed by atoms with van der Waals surface area (Å²) in [4.78, 5) is 24.0. The number of amides is 1. The smallest absolute Gasteiger partial charge is 0.234 e. The summed E-state index contributed by atoms with van der Waals surface area (Å²) in [7, 11) is 0. The average molecular weight is 471 g/mol. The Morgan fingerprint density at radius 2 is 1.85 bits per heavy atom. The Labute approximate surface area is 200 Å². The first-order valence-electron chi connectivity index (χ1n) is 10.7. The van der Waals surface area contributed by atoms with Gasteiger partial charge in [0.15, 0.2) is 16.6 Å². The van der Waals surface area contributed by atoms with E-state index < -0.39 is 0 Å². The van der Waals surface area contributed by atoms with Gasteiger partial charge in [-0.15, -0.1) is 10.2 Å². The molecule has 0 fully saturated rings. The standard InChI is InChI=1S/C25H22N6O2S/c1-15-7-8-19(11-16(15)2)21-13-22-24-27-28-25(30(24)9-10-31(22)29-21)34-14-23(33)26-20-6-4-5-18(12-20)17(3)32/h4-13H,14H2,1-3H3,(H,26,33). The number of ketones is 1. The van der Waals surface area contributed by atoms with E-state index in [1.54, 1.807) is 28.8 Å². The van der Waals surface area contributed by atoms with Crippen molar-refractivity contribution in [2.24, 2.45) is 0 Å². The highest BCUT2D eigenvalue weighted by Crippen LogP contribution is 2.25. The van der Waals surface area contributed by atoms with E-state index >= 15 is 0 Å². The molecule has 1 amide bonds. The maximum absolute atomic E-state index is 12.5. The van der Waals surface area contributed by atoms with E-state index in [1.165, 1.54) is 29.8 Å². The number of carbonyl (C=O) groups is 2. The molecule has 0 unspecified atom stereocenters. The Kier molecular flexibility index (Phi) is 5.62. The number of benzene rings is 2. The normalized spacial score (nSPS) is 11.3. The molecule has 0 saturated heterocycles. The summed E-state index contributed by atoms with van der Waals surface area (Å²) in [6.45, 7) is 5.67. The van der Waals surface area contributed by atoms with Crippen LogP contribution in [0.5, 0.6) is 0 Å². The van der Waals surface area contributed by atoms with Gasteiger partial charge in [-0.3, -0.25) is 14.0 Å². The van der Waals surface area contributed by atoms with Gasteiger partial charge >= 0.3 is 0 Å². The maximum Gasteiger partial charge on any atom is 0.234 e. The monoisotopic (exact) mass is 470 g/mol. The zero-order chi connectivity index (χ0) is 23.8. The fourth-order valence-corrected chi connectivity index (χ4v) is 4.39. The lowest BCUT2D eigenvalue weighted by atomic mass is 10.0. The highest BCUT2D eigenvalue weighted by atomic mass is 32.2. The minimum atomic E-state index is -0.190. The summed E-state index contributed by atoms with van der Waals surface area (Å²) in [6, 6.07) is 15.2. The van der Waals surface area contributed by atoms with E-state index in [-0.39, 0.29) is 17.4 Å². The number of nitrogens with one attached hydrogen (secondary N) is 1. The second-order valence-corrected chi connectivity index (χ2v) is 9.05. The molecule has 9 heteroatoms. The van der Waals surface area contributed by atoms with Gasteiger partial charge in [0, 0.05) is 29.2 Å². The molecule has 0 aliphatic carbocycles. The van der Waals surface area contributed by atoms with Crippen molar-refractivity contribution in [1.29, 1.82) is 0 Å². The number of Topliss-reactive ketones (excluding diaryl/α,β-unsaturated/α-hetero) is 1. The van der Waals surface area contributed by atoms with Crippen molar-refractivity contribution in [2.45, 2.75) is 25.9 Å². The highest BCUT2D eigenvalue weighted by molar-refractivity contribution is 7.99. The van der Waals surface area contributed by atoms with E-state index in [9.17, 15) is 9.59 Å². The molecule has 3 heterocycles. The lowest BCUT2D eigenvalue weighted by Gasteiger charge is -2.06. The molecule has 0 bridgehead atoms. The van der Waals surface area contributed by atoms with Gasteiger partial charge in [-0.25, -0.2) is 4.52 Å². The number of aromatic nitrogens is 5. The van der Waals surface area contributed by atoms with Crippen LogP contribution in [-0.4, -0.2) is 41.7 Å². The number of anilines is 1. The van der Waals surface area contributed by atoms with Crippen LogP contribution in [-0.2, 0) is 4.79 Å². The van der Waals surface area contributed by atoms with Crippen molar-refractivity contribution in [1.82, 2.24) is 24.2 Å². The fourth-order valence-electron chi connectivity index (χ4n) is 3.67. The zero-order valence-corrected chi connectivity index (χ0v) is 19.8. The average Bonchev–Trinajstić information content (AvgIpc) is 3.43. The van der Waals surface area contributed by atoms with E-state index in [1.807, 2.05) is 22.9 Å². The molecule has 5 rings (SSSR count). The number of hydrogen-bond donors (Lipinski definition) is 1. The summed E-state index contributed by atoms with van der Waals surface area (Å²) in [6.07, 6.45) is 3.70. The van der Waals surface area contributed by atoms with E-state index in [0.29, 0.717) is 22.1 Å². The van der Waals surface area contributed by atoms with E-state index in [4.69, 9.17) is 5.10 Å². The maximum atomic E-state index is 12.5. The number of carbonyl (C=O) groups excluding carboxylic acids is 2. The number of thioether (sulfide) groups is 1. The highest BCUT2D eigenvalue weighted by Gasteiger charge is 2.15. The van der Waals surface area contributed by atoms with Crippen molar-refractivity contribution in [3.8, 4) is 11.3 Å². The third-order valence-corrected chi connectivity index (χ3v) is 6.62. The second kappa shape index (κ2) is 8.75. The van der Waals surface area contributed by atoms with Crippen molar-refractivity contribution < 1.29 is 9.59 Å². The second-order valence-electron chi connectivity index (χ2n) is 8.11. The summed E-state index contributed by atoms with van der Waals surface area (Å²) >= 11 is 1.29. The Morgan fingerprint density at radius 1 is 1.00 bits per heavy atom.